The van der Waals surface area contributed by atoms with Crippen LogP contribution in [0, 0.1) is 31.4 Å². The Balaban J connectivity index is 1.74. The first-order valence-electron chi connectivity index (χ1n) is 12.2. The van der Waals surface area contributed by atoms with Gasteiger partial charge < -0.3 is 23.8 Å². The van der Waals surface area contributed by atoms with Gasteiger partial charge in [0, 0.05) is 43.0 Å². The third-order valence-electron chi connectivity index (χ3n) is 6.96. The molecule has 1 atom stereocenters. The smallest absolute Gasteiger partial charge is 0.310 e. The highest BCUT2D eigenvalue weighted by molar-refractivity contribution is 5.97. The minimum Gasteiger partial charge on any atom is -0.466 e. The second kappa shape index (κ2) is 10.8. The van der Waals surface area contributed by atoms with Gasteiger partial charge in [0.25, 0.3) is 5.91 Å². The van der Waals surface area contributed by atoms with Gasteiger partial charge >= 0.3 is 5.97 Å². The number of rotatable bonds is 6. The summed E-state index contributed by atoms with van der Waals surface area (Å²) in [6, 6.07) is 3.78. The maximum absolute atomic E-state index is 14.6. The van der Waals surface area contributed by atoms with E-state index >= 15 is 0 Å². The molecule has 9 heteroatoms. The van der Waals surface area contributed by atoms with Crippen LogP contribution in [0.15, 0.2) is 18.2 Å². The number of ether oxygens (including phenoxy) is 2. The van der Waals surface area contributed by atoms with Gasteiger partial charge in [0.1, 0.15) is 17.3 Å². The first kappa shape index (κ1) is 25.2. The lowest BCUT2D eigenvalue weighted by Crippen LogP contribution is -2.43. The summed E-state index contributed by atoms with van der Waals surface area (Å²) >= 11 is 0. The zero-order chi connectivity index (χ0) is 25.1. The summed E-state index contributed by atoms with van der Waals surface area (Å²) in [5.74, 6) is -2.21. The Labute approximate surface area is 204 Å². The van der Waals surface area contributed by atoms with Crippen molar-refractivity contribution in [2.24, 2.45) is 5.92 Å². The molecule has 0 saturated carbocycles. The summed E-state index contributed by atoms with van der Waals surface area (Å²) < 4.78 is 41.6. The Morgan fingerprint density at radius 2 is 1.80 bits per heavy atom. The molecule has 190 valence electrons. The van der Waals surface area contributed by atoms with Crippen LogP contribution in [0.25, 0.3) is 0 Å². The zero-order valence-electron chi connectivity index (χ0n) is 20.6. The first-order valence-corrected chi connectivity index (χ1v) is 12.2. The number of nitrogens with zero attached hydrogens (tertiary/aromatic N) is 3. The standard InChI is InChI=1S/C26H33F2N3O4/c1-4-35-26(33)19-7-6-10-30(15-19)25(32)24-17(2)23(29-11-13-34-14-12-29)18(3)31(24)16-20-21(27)8-5-9-22(20)28/h5,8-9,19H,4,6-7,10-16H2,1-3H3. The lowest BCUT2D eigenvalue weighted by atomic mass is 9.97. The normalized spacial score (nSPS) is 18.6. The van der Waals surface area contributed by atoms with Crippen molar-refractivity contribution < 1.29 is 27.8 Å². The summed E-state index contributed by atoms with van der Waals surface area (Å²) in [6.45, 7) is 8.97. The van der Waals surface area contributed by atoms with Gasteiger partial charge in [0.2, 0.25) is 0 Å². The molecule has 1 aromatic carbocycles. The van der Waals surface area contributed by atoms with Crippen LogP contribution >= 0.6 is 0 Å². The van der Waals surface area contributed by atoms with E-state index in [9.17, 15) is 18.4 Å². The van der Waals surface area contributed by atoms with Crippen LogP contribution in [-0.4, -0.2) is 67.3 Å². The number of likely N-dealkylation sites (tertiary alicyclic amines) is 1. The topological polar surface area (TPSA) is 64.0 Å². The molecule has 2 saturated heterocycles. The van der Waals surface area contributed by atoms with E-state index in [0.717, 1.165) is 16.9 Å². The molecule has 3 heterocycles. The van der Waals surface area contributed by atoms with Crippen LogP contribution in [0.2, 0.25) is 0 Å². The fraction of sp³-hybridized carbons (Fsp3) is 0.538. The van der Waals surface area contributed by atoms with Crippen molar-refractivity contribution in [1.82, 2.24) is 9.47 Å². The van der Waals surface area contributed by atoms with Gasteiger partial charge in [-0.25, -0.2) is 8.78 Å². The van der Waals surface area contributed by atoms with Gasteiger partial charge in [-0.2, -0.15) is 0 Å². The van der Waals surface area contributed by atoms with E-state index in [-0.39, 0.29) is 36.4 Å². The van der Waals surface area contributed by atoms with E-state index in [2.05, 4.69) is 4.90 Å². The summed E-state index contributed by atoms with van der Waals surface area (Å²) in [5, 5.41) is 0. The van der Waals surface area contributed by atoms with E-state index in [4.69, 9.17) is 9.47 Å². The Hall–Kier alpha value is -2.94. The molecule has 0 radical (unpaired) electrons. The van der Waals surface area contributed by atoms with Crippen LogP contribution < -0.4 is 4.90 Å². The number of aromatic nitrogens is 1. The van der Waals surface area contributed by atoms with Gasteiger partial charge in [-0.05, 0) is 45.7 Å². The molecule has 2 aromatic rings. The molecule has 1 unspecified atom stereocenters. The molecule has 2 aliphatic heterocycles. The number of amides is 1. The second-order valence-corrected chi connectivity index (χ2v) is 9.14. The Bertz CT molecular complexity index is 1070. The summed E-state index contributed by atoms with van der Waals surface area (Å²) in [6.07, 6.45) is 1.35. The minimum absolute atomic E-state index is 0.0868. The summed E-state index contributed by atoms with van der Waals surface area (Å²) in [5.41, 5.74) is 2.75. The van der Waals surface area contributed by atoms with Crippen molar-refractivity contribution in [2.75, 3.05) is 50.9 Å². The molecule has 0 spiro atoms. The Morgan fingerprint density at radius 1 is 1.11 bits per heavy atom. The minimum atomic E-state index is -0.651. The summed E-state index contributed by atoms with van der Waals surface area (Å²) in [7, 11) is 0. The first-order chi connectivity index (χ1) is 16.8. The number of morpholine rings is 1. The maximum atomic E-state index is 14.6. The molecule has 4 rings (SSSR count). The van der Waals surface area contributed by atoms with Crippen LogP contribution in [0.3, 0.4) is 0 Å². The SMILES string of the molecule is CCOC(=O)C1CCCN(C(=O)c2c(C)c(N3CCOCC3)c(C)n2Cc2c(F)cccc2F)C1. The fourth-order valence-electron chi connectivity index (χ4n) is 5.21. The van der Waals surface area contributed by atoms with Crippen LogP contribution in [0.5, 0.6) is 0 Å². The molecular formula is C26H33F2N3O4. The molecule has 2 aliphatic rings. The zero-order valence-corrected chi connectivity index (χ0v) is 20.6. The molecule has 0 N–H and O–H groups in total. The Morgan fingerprint density at radius 3 is 2.46 bits per heavy atom. The molecular weight excluding hydrogens is 456 g/mol. The number of halogens is 2. The van der Waals surface area contributed by atoms with Crippen molar-refractivity contribution in [1.29, 1.82) is 0 Å². The Kier molecular flexibility index (Phi) is 7.74. The van der Waals surface area contributed by atoms with Crippen LogP contribution in [0.1, 0.15) is 47.1 Å². The lowest BCUT2D eigenvalue weighted by Gasteiger charge is -2.32. The predicted octanol–water partition coefficient (Wildman–Crippen LogP) is 3.68. The van der Waals surface area contributed by atoms with Crippen LogP contribution in [0.4, 0.5) is 14.5 Å². The molecule has 2 fully saturated rings. The van der Waals surface area contributed by atoms with Crippen molar-refractivity contribution in [2.45, 2.75) is 40.2 Å². The van der Waals surface area contributed by atoms with Gasteiger partial charge in [-0.15, -0.1) is 0 Å². The lowest BCUT2D eigenvalue weighted by molar-refractivity contribution is -0.149. The molecule has 1 aromatic heterocycles. The molecule has 0 aliphatic carbocycles. The van der Waals surface area contributed by atoms with Crippen molar-refractivity contribution in [3.8, 4) is 0 Å². The fourth-order valence-corrected chi connectivity index (χ4v) is 5.21. The highest BCUT2D eigenvalue weighted by Gasteiger charge is 2.34. The number of esters is 1. The highest BCUT2D eigenvalue weighted by Crippen LogP contribution is 2.34. The number of hydrogen-bond donors (Lipinski definition) is 0. The average Bonchev–Trinajstić information content (AvgIpc) is 3.10. The molecule has 35 heavy (non-hydrogen) atoms. The van der Waals surface area contributed by atoms with Gasteiger partial charge in [-0.1, -0.05) is 6.07 Å². The van der Waals surface area contributed by atoms with Gasteiger partial charge in [-0.3, -0.25) is 9.59 Å². The number of anilines is 1. The summed E-state index contributed by atoms with van der Waals surface area (Å²) in [4.78, 5) is 30.1. The van der Waals surface area contributed by atoms with E-state index < -0.39 is 11.6 Å². The quantitative estimate of drug-likeness (QED) is 0.580. The third kappa shape index (κ3) is 5.05. The van der Waals surface area contributed by atoms with Crippen molar-refractivity contribution >= 4 is 17.6 Å². The van der Waals surface area contributed by atoms with Crippen molar-refractivity contribution in [3.05, 3.63) is 52.3 Å². The monoisotopic (exact) mass is 489 g/mol. The largest absolute Gasteiger partial charge is 0.466 e. The third-order valence-corrected chi connectivity index (χ3v) is 6.96. The van der Waals surface area contributed by atoms with Gasteiger partial charge in [0.15, 0.2) is 0 Å². The maximum Gasteiger partial charge on any atom is 0.310 e. The van der Waals surface area contributed by atoms with E-state index in [1.165, 1.54) is 18.2 Å². The van der Waals surface area contributed by atoms with E-state index in [0.29, 0.717) is 58.0 Å². The average molecular weight is 490 g/mol. The molecule has 0 bridgehead atoms. The van der Waals surface area contributed by atoms with E-state index in [1.54, 1.807) is 16.4 Å². The van der Waals surface area contributed by atoms with E-state index in [1.807, 2.05) is 13.8 Å². The number of carbonyl (C=O) groups is 2. The van der Waals surface area contributed by atoms with Gasteiger partial charge in [0.05, 0.1) is 38.0 Å². The number of benzene rings is 1. The highest BCUT2D eigenvalue weighted by atomic mass is 19.1. The molecule has 1 amide bonds. The van der Waals surface area contributed by atoms with Crippen molar-refractivity contribution in [3.63, 3.8) is 0 Å². The predicted molar refractivity (Wildman–Crippen MR) is 128 cm³/mol. The number of hydrogen-bond acceptors (Lipinski definition) is 5. The van der Waals surface area contributed by atoms with Crippen LogP contribution in [-0.2, 0) is 20.8 Å². The second-order valence-electron chi connectivity index (χ2n) is 9.14. The molecule has 7 nitrogen and oxygen atoms in total. The number of piperidine rings is 1. The number of carbonyl (C=O) groups excluding carboxylic acids is 2.